The van der Waals surface area contributed by atoms with Crippen molar-refractivity contribution in [2.75, 3.05) is 19.7 Å². The summed E-state index contributed by atoms with van der Waals surface area (Å²) in [5.74, 6) is -3.18. The van der Waals surface area contributed by atoms with Gasteiger partial charge in [-0.1, -0.05) is 12.1 Å². The molecular formula is C14H15F4NO2. The van der Waals surface area contributed by atoms with Crippen LogP contribution in [0.3, 0.4) is 0 Å². The molecule has 2 rings (SSSR count). The van der Waals surface area contributed by atoms with Gasteiger partial charge < -0.3 is 10.0 Å². The second-order valence-corrected chi connectivity index (χ2v) is 5.14. The first-order valence-corrected chi connectivity index (χ1v) is 6.55. The maximum absolute atomic E-state index is 13.3. The zero-order valence-corrected chi connectivity index (χ0v) is 11.1. The van der Waals surface area contributed by atoms with Crippen LogP contribution in [0.5, 0.6) is 0 Å². The van der Waals surface area contributed by atoms with E-state index in [1.165, 1.54) is 18.2 Å². The average molecular weight is 305 g/mol. The molecule has 0 unspecified atom stereocenters. The molecular weight excluding hydrogens is 290 g/mol. The number of hydrogen-bond acceptors (Lipinski definition) is 2. The van der Waals surface area contributed by atoms with Crippen molar-refractivity contribution in [1.29, 1.82) is 0 Å². The first kappa shape index (κ1) is 15.8. The summed E-state index contributed by atoms with van der Waals surface area (Å²) in [6, 6.07) is 5.52. The molecule has 1 aromatic rings. The van der Waals surface area contributed by atoms with Crippen molar-refractivity contribution >= 4 is 5.91 Å². The van der Waals surface area contributed by atoms with Gasteiger partial charge in [-0.15, -0.1) is 0 Å². The van der Waals surface area contributed by atoms with E-state index in [0.29, 0.717) is 5.56 Å². The van der Waals surface area contributed by atoms with Crippen LogP contribution >= 0.6 is 0 Å². The lowest BCUT2D eigenvalue weighted by Crippen LogP contribution is -2.48. The number of piperidine rings is 1. The first-order valence-electron chi connectivity index (χ1n) is 6.55. The van der Waals surface area contributed by atoms with Crippen molar-refractivity contribution in [2.45, 2.75) is 18.5 Å². The summed E-state index contributed by atoms with van der Waals surface area (Å²) < 4.78 is 50.8. The van der Waals surface area contributed by atoms with Crippen LogP contribution in [0.25, 0.3) is 0 Å². The number of aliphatic hydroxyl groups is 1. The van der Waals surface area contributed by atoms with E-state index >= 15 is 0 Å². The summed E-state index contributed by atoms with van der Waals surface area (Å²) in [6.45, 7) is -0.447. The van der Waals surface area contributed by atoms with Gasteiger partial charge in [0.25, 0.3) is 0 Å². The van der Waals surface area contributed by atoms with E-state index in [1.807, 2.05) is 0 Å². The van der Waals surface area contributed by atoms with Crippen molar-refractivity contribution in [3.63, 3.8) is 0 Å². The number of alkyl halides is 3. The van der Waals surface area contributed by atoms with E-state index in [4.69, 9.17) is 0 Å². The Morgan fingerprint density at radius 3 is 2.67 bits per heavy atom. The minimum absolute atomic E-state index is 0.0601. The molecule has 1 heterocycles. The Bertz CT molecular complexity index is 518. The monoisotopic (exact) mass is 305 g/mol. The molecule has 0 spiro atoms. The van der Waals surface area contributed by atoms with E-state index in [1.54, 1.807) is 6.07 Å². The molecule has 7 heteroatoms. The van der Waals surface area contributed by atoms with E-state index in [2.05, 4.69) is 0 Å². The highest BCUT2D eigenvalue weighted by molar-refractivity contribution is 5.82. The SMILES string of the molecule is O=C(N1CC[C@@H](CO)[C@H](c2cccc(F)c2)C1)C(F)(F)F. The van der Waals surface area contributed by atoms with Crippen LogP contribution in [0.15, 0.2) is 24.3 Å². The number of likely N-dealkylation sites (tertiary alicyclic amines) is 1. The Morgan fingerprint density at radius 2 is 2.10 bits per heavy atom. The Kier molecular flexibility index (Phi) is 4.51. The van der Waals surface area contributed by atoms with Crippen molar-refractivity contribution in [1.82, 2.24) is 4.90 Å². The molecule has 1 amide bonds. The predicted molar refractivity (Wildman–Crippen MR) is 67.0 cm³/mol. The minimum atomic E-state index is -4.92. The standard InChI is InChI=1S/C14H15F4NO2/c15-11-3-1-2-9(6-11)12-7-19(5-4-10(12)8-20)13(21)14(16,17)18/h1-3,6,10,12,20H,4-5,7-8H2/t10-,12-/m0/s1. The van der Waals surface area contributed by atoms with Gasteiger partial charge in [-0.05, 0) is 30.0 Å². The van der Waals surface area contributed by atoms with Crippen LogP contribution in [-0.2, 0) is 4.79 Å². The van der Waals surface area contributed by atoms with E-state index in [0.717, 1.165) is 4.90 Å². The minimum Gasteiger partial charge on any atom is -0.396 e. The third-order valence-corrected chi connectivity index (χ3v) is 3.80. The van der Waals surface area contributed by atoms with E-state index in [-0.39, 0.29) is 32.0 Å². The molecule has 0 saturated carbocycles. The van der Waals surface area contributed by atoms with Crippen molar-refractivity contribution < 1.29 is 27.5 Å². The van der Waals surface area contributed by atoms with Crippen LogP contribution in [-0.4, -0.2) is 41.8 Å². The Morgan fingerprint density at radius 1 is 1.38 bits per heavy atom. The summed E-state index contributed by atoms with van der Waals surface area (Å²) in [5, 5.41) is 9.36. The molecule has 1 saturated heterocycles. The van der Waals surface area contributed by atoms with Crippen LogP contribution < -0.4 is 0 Å². The van der Waals surface area contributed by atoms with Crippen molar-refractivity contribution in [2.24, 2.45) is 5.92 Å². The fourth-order valence-electron chi connectivity index (χ4n) is 2.70. The highest BCUT2D eigenvalue weighted by atomic mass is 19.4. The quantitative estimate of drug-likeness (QED) is 0.852. The number of halogens is 4. The summed E-state index contributed by atoms with van der Waals surface area (Å²) in [7, 11) is 0. The molecule has 21 heavy (non-hydrogen) atoms. The molecule has 0 radical (unpaired) electrons. The van der Waals surface area contributed by atoms with Gasteiger partial charge in [0.2, 0.25) is 0 Å². The van der Waals surface area contributed by atoms with Gasteiger partial charge in [-0.2, -0.15) is 13.2 Å². The van der Waals surface area contributed by atoms with Crippen LogP contribution in [0.4, 0.5) is 17.6 Å². The van der Waals surface area contributed by atoms with Gasteiger partial charge in [0.15, 0.2) is 0 Å². The van der Waals surface area contributed by atoms with E-state index in [9.17, 15) is 27.5 Å². The van der Waals surface area contributed by atoms with Gasteiger partial charge in [0, 0.05) is 25.6 Å². The lowest BCUT2D eigenvalue weighted by molar-refractivity contribution is -0.187. The number of amides is 1. The van der Waals surface area contributed by atoms with Crippen LogP contribution in [0.2, 0.25) is 0 Å². The Hall–Kier alpha value is -1.63. The number of carbonyl (C=O) groups is 1. The number of rotatable bonds is 2. The fraction of sp³-hybridized carbons (Fsp3) is 0.500. The summed E-state index contributed by atoms with van der Waals surface area (Å²) >= 11 is 0. The zero-order valence-electron chi connectivity index (χ0n) is 11.1. The zero-order chi connectivity index (χ0) is 15.6. The maximum atomic E-state index is 13.3. The molecule has 3 nitrogen and oxygen atoms in total. The lowest BCUT2D eigenvalue weighted by Gasteiger charge is -2.38. The molecule has 0 aliphatic carbocycles. The predicted octanol–water partition coefficient (Wildman–Crippen LogP) is 2.31. The second kappa shape index (κ2) is 6.01. The molecule has 1 aromatic carbocycles. The van der Waals surface area contributed by atoms with Gasteiger partial charge in [0.1, 0.15) is 5.82 Å². The number of hydrogen-bond donors (Lipinski definition) is 1. The summed E-state index contributed by atoms with van der Waals surface area (Å²) in [6.07, 6.45) is -4.67. The fourth-order valence-corrected chi connectivity index (χ4v) is 2.70. The molecule has 116 valence electrons. The number of nitrogens with zero attached hydrogens (tertiary/aromatic N) is 1. The Labute approximate surface area is 119 Å². The molecule has 1 aliphatic rings. The largest absolute Gasteiger partial charge is 0.471 e. The summed E-state index contributed by atoms with van der Waals surface area (Å²) in [4.78, 5) is 12.0. The second-order valence-electron chi connectivity index (χ2n) is 5.14. The van der Waals surface area contributed by atoms with Crippen molar-refractivity contribution in [3.05, 3.63) is 35.6 Å². The third kappa shape index (κ3) is 3.53. The molecule has 1 fully saturated rings. The molecule has 0 bridgehead atoms. The smallest absolute Gasteiger partial charge is 0.396 e. The number of carbonyl (C=O) groups excluding carboxylic acids is 1. The van der Waals surface area contributed by atoms with Gasteiger partial charge >= 0.3 is 12.1 Å². The highest BCUT2D eigenvalue weighted by Crippen LogP contribution is 2.34. The highest BCUT2D eigenvalue weighted by Gasteiger charge is 2.45. The maximum Gasteiger partial charge on any atom is 0.471 e. The topological polar surface area (TPSA) is 40.5 Å². The van der Waals surface area contributed by atoms with Crippen LogP contribution in [0.1, 0.15) is 17.9 Å². The van der Waals surface area contributed by atoms with Gasteiger partial charge in [-0.25, -0.2) is 4.39 Å². The average Bonchev–Trinajstić information content (AvgIpc) is 2.45. The van der Waals surface area contributed by atoms with Gasteiger partial charge in [-0.3, -0.25) is 4.79 Å². The first-order chi connectivity index (χ1) is 9.82. The normalized spacial score (nSPS) is 23.2. The van der Waals surface area contributed by atoms with Crippen LogP contribution in [0, 0.1) is 11.7 Å². The molecule has 0 aromatic heterocycles. The van der Waals surface area contributed by atoms with Crippen molar-refractivity contribution in [3.8, 4) is 0 Å². The van der Waals surface area contributed by atoms with Gasteiger partial charge in [0.05, 0.1) is 0 Å². The summed E-state index contributed by atoms with van der Waals surface area (Å²) in [5.41, 5.74) is 0.494. The molecule has 1 N–H and O–H groups in total. The Balaban J connectivity index is 2.22. The molecule has 2 atom stereocenters. The number of aliphatic hydroxyl groups excluding tert-OH is 1. The van der Waals surface area contributed by atoms with E-state index < -0.39 is 23.8 Å². The lowest BCUT2D eigenvalue weighted by atomic mass is 9.81. The third-order valence-electron chi connectivity index (χ3n) is 3.80. The molecule has 1 aliphatic heterocycles. The number of benzene rings is 1.